The highest BCUT2D eigenvalue weighted by molar-refractivity contribution is 7.80. The molecular formula is C16H14F4N2S. The molecule has 0 aliphatic rings. The van der Waals surface area contributed by atoms with Crippen molar-refractivity contribution in [2.45, 2.75) is 19.5 Å². The normalized spacial score (nSPS) is 11.2. The van der Waals surface area contributed by atoms with E-state index in [4.69, 9.17) is 12.2 Å². The van der Waals surface area contributed by atoms with Crippen LogP contribution in [-0.4, -0.2) is 5.11 Å². The Hall–Kier alpha value is -2.15. The van der Waals surface area contributed by atoms with E-state index in [-0.39, 0.29) is 10.8 Å². The van der Waals surface area contributed by atoms with Crippen LogP contribution in [0.2, 0.25) is 0 Å². The molecule has 2 aromatic carbocycles. The molecule has 0 spiro atoms. The standard InChI is InChI=1S/C16H14F4N2S/c1-2-10-5-3-4-6-13(10)21-15(23)22-14-9-11(16(18,19)20)7-8-12(14)17/h3-9H,2H2,1H3,(H2,21,22,23). The lowest BCUT2D eigenvalue weighted by molar-refractivity contribution is -0.137. The second-order valence-electron chi connectivity index (χ2n) is 4.78. The number of benzene rings is 2. The van der Waals surface area contributed by atoms with Gasteiger partial charge in [-0.3, -0.25) is 0 Å². The predicted molar refractivity (Wildman–Crippen MR) is 87.1 cm³/mol. The quantitative estimate of drug-likeness (QED) is 0.591. The van der Waals surface area contributed by atoms with Gasteiger partial charge >= 0.3 is 6.18 Å². The second kappa shape index (κ2) is 6.95. The molecule has 0 saturated carbocycles. The van der Waals surface area contributed by atoms with E-state index in [0.29, 0.717) is 12.1 Å². The number of hydrogen-bond acceptors (Lipinski definition) is 1. The second-order valence-corrected chi connectivity index (χ2v) is 5.19. The maximum absolute atomic E-state index is 13.7. The third kappa shape index (κ3) is 4.41. The summed E-state index contributed by atoms with van der Waals surface area (Å²) in [7, 11) is 0. The molecule has 0 aliphatic carbocycles. The van der Waals surface area contributed by atoms with Crippen LogP contribution in [0.3, 0.4) is 0 Å². The number of rotatable bonds is 3. The lowest BCUT2D eigenvalue weighted by Crippen LogP contribution is -2.21. The average Bonchev–Trinajstić information content (AvgIpc) is 2.49. The number of halogens is 4. The minimum atomic E-state index is -4.55. The molecule has 23 heavy (non-hydrogen) atoms. The zero-order valence-electron chi connectivity index (χ0n) is 12.2. The molecule has 0 unspecified atom stereocenters. The maximum atomic E-state index is 13.7. The van der Waals surface area contributed by atoms with Crippen molar-refractivity contribution in [1.82, 2.24) is 0 Å². The molecule has 7 heteroatoms. The van der Waals surface area contributed by atoms with Gasteiger partial charge in [0.25, 0.3) is 0 Å². The van der Waals surface area contributed by atoms with Crippen molar-refractivity contribution >= 4 is 28.7 Å². The van der Waals surface area contributed by atoms with E-state index in [2.05, 4.69) is 10.6 Å². The lowest BCUT2D eigenvalue weighted by atomic mass is 10.1. The SMILES string of the molecule is CCc1ccccc1NC(=S)Nc1cc(C(F)(F)F)ccc1F. The van der Waals surface area contributed by atoms with Gasteiger partial charge in [0.05, 0.1) is 11.3 Å². The lowest BCUT2D eigenvalue weighted by Gasteiger charge is -2.15. The third-order valence-corrected chi connectivity index (χ3v) is 3.39. The number of anilines is 2. The van der Waals surface area contributed by atoms with E-state index in [1.54, 1.807) is 12.1 Å². The minimum absolute atomic E-state index is 0.0177. The smallest absolute Gasteiger partial charge is 0.332 e. The van der Waals surface area contributed by atoms with Gasteiger partial charge in [0.2, 0.25) is 0 Å². The van der Waals surface area contributed by atoms with E-state index in [0.717, 1.165) is 23.7 Å². The molecule has 2 rings (SSSR count). The van der Waals surface area contributed by atoms with Gasteiger partial charge in [0, 0.05) is 5.69 Å². The van der Waals surface area contributed by atoms with Crippen molar-refractivity contribution in [1.29, 1.82) is 0 Å². The largest absolute Gasteiger partial charge is 0.416 e. The van der Waals surface area contributed by atoms with Crippen molar-refractivity contribution in [3.63, 3.8) is 0 Å². The van der Waals surface area contributed by atoms with E-state index < -0.39 is 17.6 Å². The summed E-state index contributed by atoms with van der Waals surface area (Å²) < 4.78 is 51.7. The average molecular weight is 342 g/mol. The fourth-order valence-electron chi connectivity index (χ4n) is 2.02. The van der Waals surface area contributed by atoms with Crippen molar-refractivity contribution in [3.05, 3.63) is 59.4 Å². The summed E-state index contributed by atoms with van der Waals surface area (Å²) in [5.41, 5.74) is 0.436. The Morgan fingerprint density at radius 2 is 1.70 bits per heavy atom. The first-order valence-electron chi connectivity index (χ1n) is 6.84. The molecule has 122 valence electrons. The molecule has 0 saturated heterocycles. The van der Waals surface area contributed by atoms with Crippen LogP contribution in [0, 0.1) is 5.82 Å². The summed E-state index contributed by atoms with van der Waals surface area (Å²) in [6.45, 7) is 1.96. The number of hydrogen-bond donors (Lipinski definition) is 2. The van der Waals surface area contributed by atoms with E-state index in [9.17, 15) is 17.6 Å². The van der Waals surface area contributed by atoms with Crippen LogP contribution in [-0.2, 0) is 12.6 Å². The number of aryl methyl sites for hydroxylation is 1. The van der Waals surface area contributed by atoms with Crippen LogP contribution in [0.4, 0.5) is 28.9 Å². The van der Waals surface area contributed by atoms with Gasteiger partial charge in [-0.2, -0.15) is 13.2 Å². The summed E-state index contributed by atoms with van der Waals surface area (Å²) in [4.78, 5) is 0. The van der Waals surface area contributed by atoms with Crippen LogP contribution in [0.1, 0.15) is 18.1 Å². The molecule has 0 bridgehead atoms. The zero-order chi connectivity index (χ0) is 17.0. The molecule has 2 N–H and O–H groups in total. The molecule has 2 nitrogen and oxygen atoms in total. The molecule has 0 atom stereocenters. The summed E-state index contributed by atoms with van der Waals surface area (Å²) in [6, 6.07) is 9.49. The van der Waals surface area contributed by atoms with E-state index >= 15 is 0 Å². The summed E-state index contributed by atoms with van der Waals surface area (Å²) in [5.74, 6) is -0.814. The highest BCUT2D eigenvalue weighted by atomic mass is 32.1. The molecule has 2 aromatic rings. The Bertz CT molecular complexity index is 713. The molecule has 0 aliphatic heterocycles. The van der Waals surface area contributed by atoms with Gasteiger partial charge in [0.15, 0.2) is 5.11 Å². The number of para-hydroxylation sites is 1. The highest BCUT2D eigenvalue weighted by Gasteiger charge is 2.31. The summed E-state index contributed by atoms with van der Waals surface area (Å²) in [6.07, 6.45) is -3.79. The molecule has 0 heterocycles. The van der Waals surface area contributed by atoms with Crippen LogP contribution in [0.5, 0.6) is 0 Å². The van der Waals surface area contributed by atoms with Crippen molar-refractivity contribution in [3.8, 4) is 0 Å². The van der Waals surface area contributed by atoms with Gasteiger partial charge in [-0.1, -0.05) is 25.1 Å². The third-order valence-electron chi connectivity index (χ3n) is 3.19. The zero-order valence-corrected chi connectivity index (χ0v) is 13.0. The first-order valence-corrected chi connectivity index (χ1v) is 7.24. The first kappa shape index (κ1) is 17.2. The summed E-state index contributed by atoms with van der Waals surface area (Å²) in [5, 5.41) is 5.35. The van der Waals surface area contributed by atoms with Crippen molar-refractivity contribution in [2.75, 3.05) is 10.6 Å². The van der Waals surface area contributed by atoms with Gasteiger partial charge in [-0.15, -0.1) is 0 Å². The number of thiocarbonyl (C=S) groups is 1. The topological polar surface area (TPSA) is 24.1 Å². The molecule has 0 fully saturated rings. The fourth-order valence-corrected chi connectivity index (χ4v) is 2.24. The van der Waals surface area contributed by atoms with Gasteiger partial charge in [-0.25, -0.2) is 4.39 Å². The van der Waals surface area contributed by atoms with Crippen LogP contribution in [0.25, 0.3) is 0 Å². The first-order chi connectivity index (χ1) is 10.8. The molecule has 0 aromatic heterocycles. The monoisotopic (exact) mass is 342 g/mol. The predicted octanol–water partition coefficient (Wildman–Crippen LogP) is 5.22. The number of alkyl halides is 3. The van der Waals surface area contributed by atoms with Gasteiger partial charge in [-0.05, 0) is 48.5 Å². The van der Waals surface area contributed by atoms with Crippen molar-refractivity contribution < 1.29 is 17.6 Å². The Labute approximate surface area is 136 Å². The molecule has 0 amide bonds. The number of nitrogens with one attached hydrogen (secondary N) is 2. The Kier molecular flexibility index (Phi) is 5.20. The fraction of sp³-hybridized carbons (Fsp3) is 0.188. The summed E-state index contributed by atoms with van der Waals surface area (Å²) >= 11 is 5.05. The van der Waals surface area contributed by atoms with Crippen LogP contribution >= 0.6 is 12.2 Å². The van der Waals surface area contributed by atoms with Gasteiger partial charge in [0.1, 0.15) is 5.82 Å². The molecular weight excluding hydrogens is 328 g/mol. The molecule has 0 radical (unpaired) electrons. The maximum Gasteiger partial charge on any atom is 0.416 e. The van der Waals surface area contributed by atoms with Gasteiger partial charge < -0.3 is 10.6 Å². The Morgan fingerprint density at radius 3 is 2.35 bits per heavy atom. The Balaban J connectivity index is 2.17. The van der Waals surface area contributed by atoms with E-state index in [1.165, 1.54) is 0 Å². The van der Waals surface area contributed by atoms with Crippen LogP contribution < -0.4 is 10.6 Å². The highest BCUT2D eigenvalue weighted by Crippen LogP contribution is 2.31. The van der Waals surface area contributed by atoms with Crippen LogP contribution in [0.15, 0.2) is 42.5 Å². The van der Waals surface area contributed by atoms with Crippen molar-refractivity contribution in [2.24, 2.45) is 0 Å². The van der Waals surface area contributed by atoms with E-state index in [1.807, 2.05) is 19.1 Å². The minimum Gasteiger partial charge on any atom is -0.332 e. The Morgan fingerprint density at radius 1 is 1.04 bits per heavy atom.